The highest BCUT2D eigenvalue weighted by Crippen LogP contribution is 2.29. The number of nitrogen functional groups attached to an aromatic ring is 1. The maximum atomic E-state index is 5.93. The molecule has 0 unspecified atom stereocenters. The molecule has 72 valence electrons. The Morgan fingerprint density at radius 2 is 2.00 bits per heavy atom. The van der Waals surface area contributed by atoms with Crippen LogP contribution in [0.2, 0.25) is 0 Å². The summed E-state index contributed by atoms with van der Waals surface area (Å²) in [5.41, 5.74) is 10.5. The summed E-state index contributed by atoms with van der Waals surface area (Å²) in [7, 11) is 0. The molecule has 14 heavy (non-hydrogen) atoms. The number of aryl methyl sites for hydroxylation is 1. The van der Waals surface area contributed by atoms with Gasteiger partial charge in [0.2, 0.25) is 0 Å². The van der Waals surface area contributed by atoms with Gasteiger partial charge in [-0.3, -0.25) is 0 Å². The van der Waals surface area contributed by atoms with Crippen molar-refractivity contribution in [2.75, 3.05) is 5.73 Å². The predicted octanol–water partition coefficient (Wildman–Crippen LogP) is 3.61. The predicted molar refractivity (Wildman–Crippen MR) is 63.6 cm³/mol. The second-order valence-electron chi connectivity index (χ2n) is 3.48. The van der Waals surface area contributed by atoms with E-state index in [2.05, 4.69) is 37.4 Å². The van der Waals surface area contributed by atoms with E-state index in [1.807, 2.05) is 6.07 Å². The second-order valence-corrected chi connectivity index (χ2v) is 4.43. The summed E-state index contributed by atoms with van der Waals surface area (Å²) in [6.45, 7) is 4.16. The number of rotatable bonds is 1. The van der Waals surface area contributed by atoms with Gasteiger partial charge in [0.15, 0.2) is 0 Å². The molecule has 0 aliphatic rings. The summed E-state index contributed by atoms with van der Waals surface area (Å²) in [6.07, 6.45) is 0. The van der Waals surface area contributed by atoms with Gasteiger partial charge in [-0.2, -0.15) is 0 Å². The third-order valence-corrected chi connectivity index (χ3v) is 3.43. The molecule has 1 aromatic heterocycles. The minimum absolute atomic E-state index is 0.883. The van der Waals surface area contributed by atoms with Crippen LogP contribution in [0.25, 0.3) is 10.4 Å². The molecule has 2 N–H and O–H groups in total. The molecular formula is C12H13NS. The molecule has 1 nitrogen and oxygen atoms in total. The second kappa shape index (κ2) is 3.46. The van der Waals surface area contributed by atoms with Crippen LogP contribution in [0.1, 0.15) is 11.1 Å². The van der Waals surface area contributed by atoms with Gasteiger partial charge in [0, 0.05) is 10.6 Å². The maximum Gasteiger partial charge on any atom is 0.0352 e. The summed E-state index contributed by atoms with van der Waals surface area (Å²) < 4.78 is 0. The van der Waals surface area contributed by atoms with E-state index in [9.17, 15) is 0 Å². The average Bonchev–Trinajstić information content (AvgIpc) is 2.66. The summed E-state index contributed by atoms with van der Waals surface area (Å²) in [5.74, 6) is 0. The van der Waals surface area contributed by atoms with Gasteiger partial charge in [-0.15, -0.1) is 11.3 Å². The normalized spacial score (nSPS) is 10.4. The molecule has 0 fully saturated rings. The van der Waals surface area contributed by atoms with E-state index in [1.54, 1.807) is 11.3 Å². The third kappa shape index (κ3) is 1.53. The summed E-state index contributed by atoms with van der Waals surface area (Å²) >= 11 is 1.74. The van der Waals surface area contributed by atoms with Crippen LogP contribution in [0, 0.1) is 13.8 Å². The topological polar surface area (TPSA) is 26.0 Å². The Kier molecular flexibility index (Phi) is 2.30. The van der Waals surface area contributed by atoms with E-state index < -0.39 is 0 Å². The number of hydrogen-bond donors (Lipinski definition) is 1. The number of hydrogen-bond acceptors (Lipinski definition) is 2. The molecule has 2 heteroatoms. The maximum absolute atomic E-state index is 5.93. The van der Waals surface area contributed by atoms with Crippen molar-refractivity contribution >= 4 is 17.0 Å². The van der Waals surface area contributed by atoms with Crippen molar-refractivity contribution in [3.63, 3.8) is 0 Å². The molecule has 1 aromatic carbocycles. The molecule has 0 atom stereocenters. The van der Waals surface area contributed by atoms with Crippen molar-refractivity contribution in [1.29, 1.82) is 0 Å². The highest BCUT2D eigenvalue weighted by molar-refractivity contribution is 7.13. The fourth-order valence-electron chi connectivity index (χ4n) is 1.47. The van der Waals surface area contributed by atoms with Crippen molar-refractivity contribution < 1.29 is 0 Å². The van der Waals surface area contributed by atoms with Crippen LogP contribution in [-0.4, -0.2) is 0 Å². The van der Waals surface area contributed by atoms with E-state index >= 15 is 0 Å². The lowest BCUT2D eigenvalue weighted by Crippen LogP contribution is -1.92. The van der Waals surface area contributed by atoms with Gasteiger partial charge < -0.3 is 5.73 Å². The lowest BCUT2D eigenvalue weighted by molar-refractivity contribution is 1.35. The molecule has 0 amide bonds. The van der Waals surface area contributed by atoms with E-state index in [1.165, 1.54) is 21.6 Å². The van der Waals surface area contributed by atoms with Gasteiger partial charge in [-0.25, -0.2) is 0 Å². The summed E-state index contributed by atoms with van der Waals surface area (Å²) in [5, 5.41) is 2.08. The van der Waals surface area contributed by atoms with Gasteiger partial charge in [-0.05, 0) is 48.1 Å². The highest BCUT2D eigenvalue weighted by atomic mass is 32.1. The highest BCUT2D eigenvalue weighted by Gasteiger charge is 2.03. The Labute approximate surface area is 88.2 Å². The molecule has 0 spiro atoms. The smallest absolute Gasteiger partial charge is 0.0352 e. The first-order chi connectivity index (χ1) is 6.68. The van der Waals surface area contributed by atoms with Crippen molar-refractivity contribution in [3.05, 3.63) is 40.8 Å². The van der Waals surface area contributed by atoms with Crippen LogP contribution in [0.4, 0.5) is 5.69 Å². The molecule has 0 radical (unpaired) electrons. The molecule has 1 heterocycles. The first-order valence-corrected chi connectivity index (χ1v) is 5.47. The monoisotopic (exact) mass is 203 g/mol. The standard InChI is InChI=1S/C12H13NS/c1-8-6-10(7-11(13)9(8)2)12-4-3-5-14-12/h3-7H,13H2,1-2H3. The summed E-state index contributed by atoms with van der Waals surface area (Å²) in [6, 6.07) is 8.42. The zero-order chi connectivity index (χ0) is 10.1. The quantitative estimate of drug-likeness (QED) is 0.704. The largest absolute Gasteiger partial charge is 0.398 e. The molecule has 0 aliphatic carbocycles. The number of anilines is 1. The van der Waals surface area contributed by atoms with Crippen LogP contribution < -0.4 is 5.73 Å². The van der Waals surface area contributed by atoms with Gasteiger partial charge in [0.05, 0.1) is 0 Å². The van der Waals surface area contributed by atoms with E-state index in [0.717, 1.165) is 5.69 Å². The minimum Gasteiger partial charge on any atom is -0.398 e. The summed E-state index contributed by atoms with van der Waals surface area (Å²) in [4.78, 5) is 1.28. The number of benzene rings is 1. The first kappa shape index (κ1) is 9.28. The molecule has 0 bridgehead atoms. The lowest BCUT2D eigenvalue weighted by atomic mass is 10.0. The first-order valence-electron chi connectivity index (χ1n) is 4.59. The SMILES string of the molecule is Cc1cc(-c2cccs2)cc(N)c1C. The fourth-order valence-corrected chi connectivity index (χ4v) is 2.19. The fraction of sp³-hybridized carbons (Fsp3) is 0.167. The van der Waals surface area contributed by atoms with E-state index in [4.69, 9.17) is 5.73 Å². The number of nitrogens with two attached hydrogens (primary N) is 1. The van der Waals surface area contributed by atoms with Gasteiger partial charge >= 0.3 is 0 Å². The Morgan fingerprint density at radius 1 is 1.21 bits per heavy atom. The van der Waals surface area contributed by atoms with Gasteiger partial charge in [0.1, 0.15) is 0 Å². The van der Waals surface area contributed by atoms with Crippen molar-refractivity contribution in [3.8, 4) is 10.4 Å². The molecule has 0 saturated heterocycles. The Bertz CT molecular complexity index is 420. The number of thiophene rings is 1. The molecule has 2 rings (SSSR count). The van der Waals surface area contributed by atoms with Crippen LogP contribution in [0.3, 0.4) is 0 Å². The molecule has 0 saturated carbocycles. The van der Waals surface area contributed by atoms with Gasteiger partial charge in [-0.1, -0.05) is 12.1 Å². The third-order valence-electron chi connectivity index (χ3n) is 2.51. The molecule has 0 aliphatic heterocycles. The van der Waals surface area contributed by atoms with E-state index in [0.29, 0.717) is 0 Å². The Morgan fingerprint density at radius 3 is 2.57 bits per heavy atom. The van der Waals surface area contributed by atoms with Gasteiger partial charge in [0.25, 0.3) is 0 Å². The van der Waals surface area contributed by atoms with Crippen LogP contribution in [0.5, 0.6) is 0 Å². The zero-order valence-corrected chi connectivity index (χ0v) is 9.19. The van der Waals surface area contributed by atoms with Crippen molar-refractivity contribution in [2.24, 2.45) is 0 Å². The van der Waals surface area contributed by atoms with Crippen molar-refractivity contribution in [1.82, 2.24) is 0 Å². The zero-order valence-electron chi connectivity index (χ0n) is 8.37. The molecular weight excluding hydrogens is 190 g/mol. The lowest BCUT2D eigenvalue weighted by Gasteiger charge is -2.07. The van der Waals surface area contributed by atoms with Crippen molar-refractivity contribution in [2.45, 2.75) is 13.8 Å². The Balaban J connectivity index is 2.57. The van der Waals surface area contributed by atoms with Crippen LogP contribution >= 0.6 is 11.3 Å². The molecule has 2 aromatic rings. The van der Waals surface area contributed by atoms with E-state index in [-0.39, 0.29) is 0 Å². The minimum atomic E-state index is 0.883. The average molecular weight is 203 g/mol. The van der Waals surface area contributed by atoms with Crippen LogP contribution in [-0.2, 0) is 0 Å². The van der Waals surface area contributed by atoms with Crippen LogP contribution in [0.15, 0.2) is 29.6 Å². The Hall–Kier alpha value is -1.28.